The Morgan fingerprint density at radius 2 is 2.00 bits per heavy atom. The Hall–Kier alpha value is -2.36. The number of nitriles is 1. The van der Waals surface area contributed by atoms with Gasteiger partial charge in [0.15, 0.2) is 5.82 Å². The second-order valence-corrected chi connectivity index (χ2v) is 6.07. The third kappa shape index (κ3) is 4.88. The number of anilines is 1. The van der Waals surface area contributed by atoms with Crippen LogP contribution in [0.25, 0.3) is 0 Å². The van der Waals surface area contributed by atoms with E-state index >= 15 is 0 Å². The third-order valence-corrected chi connectivity index (χ3v) is 3.01. The van der Waals surface area contributed by atoms with Crippen molar-refractivity contribution in [2.45, 2.75) is 40.2 Å². The number of carbonyl (C=O) groups excluding carboxylic acids is 1. The van der Waals surface area contributed by atoms with E-state index in [9.17, 15) is 10.1 Å². The summed E-state index contributed by atoms with van der Waals surface area (Å²) < 4.78 is 5.26. The van der Waals surface area contributed by atoms with E-state index in [1.54, 1.807) is 7.05 Å². The molecule has 0 unspecified atom stereocenters. The number of hydrogen-bond donors (Lipinski definition) is 1. The van der Waals surface area contributed by atoms with E-state index in [2.05, 4.69) is 21.6 Å². The molecule has 0 radical (unpaired) electrons. The van der Waals surface area contributed by atoms with Gasteiger partial charge in [0.1, 0.15) is 17.2 Å². The van der Waals surface area contributed by atoms with Gasteiger partial charge in [-0.3, -0.25) is 0 Å². The second kappa shape index (κ2) is 7.07. The number of amides is 1. The summed E-state index contributed by atoms with van der Waals surface area (Å²) in [6.45, 7) is 9.97. The SMILES string of the molecule is Cc1nnc(NCCN(C)C(=O)OC(C)(C)C)c(C#N)c1C. The van der Waals surface area contributed by atoms with Crippen LogP contribution in [0.4, 0.5) is 10.6 Å². The zero-order valence-electron chi connectivity index (χ0n) is 14.0. The van der Waals surface area contributed by atoms with Crippen molar-refractivity contribution in [3.63, 3.8) is 0 Å². The number of hydrogen-bond acceptors (Lipinski definition) is 6. The maximum Gasteiger partial charge on any atom is 0.410 e. The van der Waals surface area contributed by atoms with Crippen molar-refractivity contribution in [3.05, 3.63) is 16.8 Å². The molecule has 0 saturated heterocycles. The van der Waals surface area contributed by atoms with E-state index in [0.29, 0.717) is 24.5 Å². The molecule has 0 aliphatic heterocycles. The van der Waals surface area contributed by atoms with Gasteiger partial charge in [-0.15, -0.1) is 5.10 Å². The average molecular weight is 305 g/mol. The smallest absolute Gasteiger partial charge is 0.410 e. The number of nitrogens with one attached hydrogen (secondary N) is 1. The summed E-state index contributed by atoms with van der Waals surface area (Å²) in [4.78, 5) is 13.3. The van der Waals surface area contributed by atoms with Gasteiger partial charge < -0.3 is 15.0 Å². The summed E-state index contributed by atoms with van der Waals surface area (Å²) in [7, 11) is 1.66. The fraction of sp³-hybridized carbons (Fsp3) is 0.600. The number of nitrogens with zero attached hydrogens (tertiary/aromatic N) is 4. The van der Waals surface area contributed by atoms with Gasteiger partial charge in [0, 0.05) is 20.1 Å². The molecule has 0 saturated carbocycles. The normalized spacial score (nSPS) is 10.8. The fourth-order valence-electron chi connectivity index (χ4n) is 1.64. The minimum absolute atomic E-state index is 0.388. The van der Waals surface area contributed by atoms with Crippen molar-refractivity contribution in [1.82, 2.24) is 15.1 Å². The Labute approximate surface area is 131 Å². The maximum atomic E-state index is 11.8. The summed E-state index contributed by atoms with van der Waals surface area (Å²) in [5.74, 6) is 0.434. The molecule has 1 amide bonds. The standard InChI is InChI=1S/C15H23N5O2/c1-10-11(2)18-19-13(12(10)9-16)17-7-8-20(6)14(21)22-15(3,4)5/h7-8H2,1-6H3,(H,17,19). The quantitative estimate of drug-likeness (QED) is 0.917. The van der Waals surface area contributed by atoms with Crippen molar-refractivity contribution >= 4 is 11.9 Å². The number of rotatable bonds is 4. The second-order valence-electron chi connectivity index (χ2n) is 6.07. The van der Waals surface area contributed by atoms with Gasteiger partial charge in [-0.25, -0.2) is 4.79 Å². The molecule has 7 nitrogen and oxygen atoms in total. The lowest BCUT2D eigenvalue weighted by Crippen LogP contribution is -2.36. The molecule has 0 bridgehead atoms. The van der Waals surface area contributed by atoms with Gasteiger partial charge in [0.25, 0.3) is 0 Å². The summed E-state index contributed by atoms with van der Waals surface area (Å²) in [5.41, 5.74) is 1.49. The van der Waals surface area contributed by atoms with Gasteiger partial charge >= 0.3 is 6.09 Å². The van der Waals surface area contributed by atoms with Gasteiger partial charge in [-0.2, -0.15) is 10.4 Å². The van der Waals surface area contributed by atoms with E-state index in [4.69, 9.17) is 4.74 Å². The van der Waals surface area contributed by atoms with Crippen molar-refractivity contribution in [2.75, 3.05) is 25.5 Å². The highest BCUT2D eigenvalue weighted by Gasteiger charge is 2.19. The first-order valence-corrected chi connectivity index (χ1v) is 7.07. The van der Waals surface area contributed by atoms with Crippen LogP contribution in [0, 0.1) is 25.2 Å². The molecule has 1 aromatic heterocycles. The summed E-state index contributed by atoms with van der Waals surface area (Å²) >= 11 is 0. The van der Waals surface area contributed by atoms with Crippen LogP contribution in [0.15, 0.2) is 0 Å². The zero-order chi connectivity index (χ0) is 16.9. The number of carbonyl (C=O) groups is 1. The molecule has 0 aliphatic rings. The highest BCUT2D eigenvalue weighted by atomic mass is 16.6. The largest absolute Gasteiger partial charge is 0.444 e. The lowest BCUT2D eigenvalue weighted by Gasteiger charge is -2.24. The van der Waals surface area contributed by atoms with E-state index in [1.165, 1.54) is 4.90 Å². The molecule has 22 heavy (non-hydrogen) atoms. The minimum Gasteiger partial charge on any atom is -0.444 e. The Morgan fingerprint density at radius 1 is 1.36 bits per heavy atom. The molecule has 0 spiro atoms. The lowest BCUT2D eigenvalue weighted by atomic mass is 10.1. The summed E-state index contributed by atoms with van der Waals surface area (Å²) in [6, 6.07) is 2.13. The van der Waals surface area contributed by atoms with Gasteiger partial charge in [-0.05, 0) is 40.2 Å². The Balaban J connectivity index is 2.60. The lowest BCUT2D eigenvalue weighted by molar-refractivity contribution is 0.0305. The maximum absolute atomic E-state index is 11.8. The Kier molecular flexibility index (Phi) is 5.69. The molecule has 0 aliphatic carbocycles. The van der Waals surface area contributed by atoms with Crippen molar-refractivity contribution in [2.24, 2.45) is 0 Å². The van der Waals surface area contributed by atoms with Gasteiger partial charge in [0.05, 0.1) is 5.69 Å². The molecule has 1 N–H and O–H groups in total. The Bertz CT molecular complexity index is 587. The molecule has 7 heteroatoms. The van der Waals surface area contributed by atoms with Crippen LogP contribution in [0.1, 0.15) is 37.6 Å². The first kappa shape index (κ1) is 17.7. The molecule has 120 valence electrons. The van der Waals surface area contributed by atoms with Gasteiger partial charge in [0.2, 0.25) is 0 Å². The zero-order valence-corrected chi connectivity index (χ0v) is 14.0. The van der Waals surface area contributed by atoms with E-state index in [1.807, 2.05) is 34.6 Å². The van der Waals surface area contributed by atoms with Crippen molar-refractivity contribution in [3.8, 4) is 6.07 Å². The molecular weight excluding hydrogens is 282 g/mol. The van der Waals surface area contributed by atoms with Gasteiger partial charge in [-0.1, -0.05) is 0 Å². The monoisotopic (exact) mass is 305 g/mol. The molecule has 0 atom stereocenters. The molecule has 1 aromatic rings. The first-order valence-electron chi connectivity index (χ1n) is 7.07. The molecular formula is C15H23N5O2. The molecule has 0 aromatic carbocycles. The molecule has 1 rings (SSSR count). The van der Waals surface area contributed by atoms with E-state index < -0.39 is 5.60 Å². The summed E-state index contributed by atoms with van der Waals surface area (Å²) in [5, 5.41) is 20.2. The summed E-state index contributed by atoms with van der Waals surface area (Å²) in [6.07, 6.45) is -0.388. The van der Waals surface area contributed by atoms with E-state index in [-0.39, 0.29) is 6.09 Å². The highest BCUT2D eigenvalue weighted by molar-refractivity contribution is 5.67. The topological polar surface area (TPSA) is 91.1 Å². The predicted molar refractivity (Wildman–Crippen MR) is 83.6 cm³/mol. The predicted octanol–water partition coefficient (Wildman–Crippen LogP) is 2.24. The average Bonchev–Trinajstić information content (AvgIpc) is 2.41. The van der Waals surface area contributed by atoms with Crippen LogP contribution in [0.3, 0.4) is 0 Å². The van der Waals surface area contributed by atoms with Crippen LogP contribution in [0.5, 0.6) is 0 Å². The van der Waals surface area contributed by atoms with E-state index in [0.717, 1.165) is 11.3 Å². The van der Waals surface area contributed by atoms with Crippen LogP contribution in [-0.4, -0.2) is 46.9 Å². The van der Waals surface area contributed by atoms with Crippen LogP contribution in [0.2, 0.25) is 0 Å². The first-order chi connectivity index (χ1) is 10.2. The van der Waals surface area contributed by atoms with Crippen LogP contribution < -0.4 is 5.32 Å². The highest BCUT2D eigenvalue weighted by Crippen LogP contribution is 2.16. The van der Waals surface area contributed by atoms with Crippen LogP contribution in [-0.2, 0) is 4.74 Å². The van der Waals surface area contributed by atoms with Crippen LogP contribution >= 0.6 is 0 Å². The number of aryl methyl sites for hydroxylation is 1. The fourth-order valence-corrected chi connectivity index (χ4v) is 1.64. The number of likely N-dealkylation sites (N-methyl/N-ethyl adjacent to an activating group) is 1. The van der Waals surface area contributed by atoms with Crippen molar-refractivity contribution in [1.29, 1.82) is 5.26 Å². The number of ether oxygens (including phenoxy) is 1. The molecule has 1 heterocycles. The third-order valence-electron chi connectivity index (χ3n) is 3.01. The molecule has 0 fully saturated rings. The minimum atomic E-state index is -0.522. The number of aromatic nitrogens is 2. The Morgan fingerprint density at radius 3 is 2.55 bits per heavy atom. The van der Waals surface area contributed by atoms with Crippen molar-refractivity contribution < 1.29 is 9.53 Å².